The summed E-state index contributed by atoms with van der Waals surface area (Å²) in [5.41, 5.74) is 9.06. The fraction of sp³-hybridized carbons (Fsp3) is 0.462. The molecule has 0 amide bonds. The summed E-state index contributed by atoms with van der Waals surface area (Å²) < 4.78 is 24.1. The molecule has 0 fully saturated rings. The highest BCUT2D eigenvalue weighted by molar-refractivity contribution is 14.0. The Morgan fingerprint density at radius 2 is 1.95 bits per heavy atom. The Bertz CT molecular complexity index is 588. The molecule has 21 heavy (non-hydrogen) atoms. The Balaban J connectivity index is 0.00000400. The van der Waals surface area contributed by atoms with Crippen molar-refractivity contribution in [2.75, 3.05) is 24.7 Å². The summed E-state index contributed by atoms with van der Waals surface area (Å²) >= 11 is 0. The number of aliphatic imine (C=N–C) groups is 1. The van der Waals surface area contributed by atoms with Crippen LogP contribution in [0.4, 0.5) is 5.69 Å². The number of rotatable bonds is 6. The minimum absolute atomic E-state index is 0. The monoisotopic (exact) mass is 426 g/mol. The minimum atomic E-state index is -3.13. The Morgan fingerprint density at radius 3 is 2.52 bits per heavy atom. The van der Waals surface area contributed by atoms with Gasteiger partial charge < -0.3 is 11.1 Å². The molecule has 8 heteroatoms. The maximum absolute atomic E-state index is 10.8. The summed E-state index contributed by atoms with van der Waals surface area (Å²) in [5, 5.41) is 3.01. The molecule has 0 aliphatic rings. The van der Waals surface area contributed by atoms with Gasteiger partial charge in [0, 0.05) is 18.8 Å². The number of anilines is 1. The van der Waals surface area contributed by atoms with Crippen LogP contribution in [0.15, 0.2) is 23.2 Å². The molecule has 1 rings (SSSR count). The first-order chi connectivity index (χ1) is 9.28. The minimum Gasteiger partial charge on any atom is -0.370 e. The summed E-state index contributed by atoms with van der Waals surface area (Å²) in [6, 6.07) is 5.96. The predicted molar refractivity (Wildman–Crippen MR) is 98.9 cm³/mol. The van der Waals surface area contributed by atoms with Crippen molar-refractivity contribution in [1.29, 1.82) is 0 Å². The number of benzene rings is 1. The zero-order valence-electron chi connectivity index (χ0n) is 12.5. The van der Waals surface area contributed by atoms with Gasteiger partial charge in [-0.05, 0) is 43.5 Å². The Morgan fingerprint density at radius 1 is 1.29 bits per heavy atom. The first-order valence-electron chi connectivity index (χ1n) is 6.37. The molecular formula is C13H23IN4O2S. The number of nitrogens with two attached hydrogens (primary N) is 1. The van der Waals surface area contributed by atoms with Crippen LogP contribution in [0.5, 0.6) is 0 Å². The number of guanidine groups is 1. The number of nitrogens with one attached hydrogen (secondary N) is 2. The zero-order valence-corrected chi connectivity index (χ0v) is 15.7. The normalized spacial score (nSPS) is 11.9. The van der Waals surface area contributed by atoms with Crippen molar-refractivity contribution in [1.82, 2.24) is 4.72 Å². The molecule has 0 atom stereocenters. The van der Waals surface area contributed by atoms with E-state index in [0.29, 0.717) is 25.5 Å². The standard InChI is InChI=1S/C13H22N4O2S.HI/c1-10-5-6-12(9-11(10)2)17-13(14)15-7-4-8-16-20(3,18)19;/h5-6,9,16H,4,7-8H2,1-3H3,(H3,14,15,17);1H. The van der Waals surface area contributed by atoms with Crippen LogP contribution < -0.4 is 15.8 Å². The van der Waals surface area contributed by atoms with Crippen LogP contribution in [-0.2, 0) is 10.0 Å². The van der Waals surface area contributed by atoms with Gasteiger partial charge >= 0.3 is 0 Å². The van der Waals surface area contributed by atoms with E-state index in [1.54, 1.807) is 0 Å². The van der Waals surface area contributed by atoms with Crippen LogP contribution in [0.1, 0.15) is 17.5 Å². The summed E-state index contributed by atoms with van der Waals surface area (Å²) in [4.78, 5) is 4.14. The SMILES string of the molecule is Cc1ccc(NC(N)=NCCCNS(C)(=O)=O)cc1C.I. The molecule has 0 saturated carbocycles. The van der Waals surface area contributed by atoms with Crippen LogP contribution in [0, 0.1) is 13.8 Å². The third kappa shape index (κ3) is 8.89. The van der Waals surface area contributed by atoms with Crippen LogP contribution in [0.3, 0.4) is 0 Å². The van der Waals surface area contributed by atoms with E-state index >= 15 is 0 Å². The van der Waals surface area contributed by atoms with Gasteiger partial charge in [-0.2, -0.15) is 0 Å². The molecule has 0 heterocycles. The van der Waals surface area contributed by atoms with Gasteiger partial charge in [0.25, 0.3) is 0 Å². The molecule has 0 radical (unpaired) electrons. The second kappa shape index (κ2) is 9.21. The highest BCUT2D eigenvalue weighted by atomic mass is 127. The van der Waals surface area contributed by atoms with Gasteiger partial charge in [0.2, 0.25) is 10.0 Å². The molecule has 0 aliphatic heterocycles. The summed E-state index contributed by atoms with van der Waals surface area (Å²) in [6.07, 6.45) is 1.73. The molecule has 0 aromatic heterocycles. The highest BCUT2D eigenvalue weighted by Gasteiger charge is 1.99. The molecule has 6 nitrogen and oxygen atoms in total. The van der Waals surface area contributed by atoms with E-state index < -0.39 is 10.0 Å². The van der Waals surface area contributed by atoms with Crippen molar-refractivity contribution in [3.63, 3.8) is 0 Å². The van der Waals surface area contributed by atoms with Crippen molar-refractivity contribution in [3.05, 3.63) is 29.3 Å². The average molecular weight is 426 g/mol. The maximum Gasteiger partial charge on any atom is 0.208 e. The van der Waals surface area contributed by atoms with Crippen LogP contribution >= 0.6 is 24.0 Å². The van der Waals surface area contributed by atoms with Crippen molar-refractivity contribution in [2.45, 2.75) is 20.3 Å². The largest absolute Gasteiger partial charge is 0.370 e. The van der Waals surface area contributed by atoms with Crippen LogP contribution in [0.2, 0.25) is 0 Å². The lowest BCUT2D eigenvalue weighted by Gasteiger charge is -2.08. The predicted octanol–water partition coefficient (Wildman–Crippen LogP) is 1.59. The molecule has 0 aliphatic carbocycles. The second-order valence-electron chi connectivity index (χ2n) is 4.71. The molecule has 0 bridgehead atoms. The van der Waals surface area contributed by atoms with E-state index in [4.69, 9.17) is 5.73 Å². The van der Waals surface area contributed by atoms with Gasteiger partial charge in [-0.25, -0.2) is 13.1 Å². The van der Waals surface area contributed by atoms with Crippen LogP contribution in [-0.4, -0.2) is 33.7 Å². The number of hydrogen-bond donors (Lipinski definition) is 3. The number of aryl methyl sites for hydroxylation is 2. The lowest BCUT2D eigenvalue weighted by atomic mass is 10.1. The topological polar surface area (TPSA) is 96.6 Å². The molecule has 1 aromatic rings. The van der Waals surface area contributed by atoms with E-state index in [1.165, 1.54) is 11.1 Å². The van der Waals surface area contributed by atoms with Crippen molar-refractivity contribution >= 4 is 45.6 Å². The molecule has 120 valence electrons. The van der Waals surface area contributed by atoms with Gasteiger partial charge in [0.05, 0.1) is 6.26 Å². The van der Waals surface area contributed by atoms with Crippen molar-refractivity contribution in [3.8, 4) is 0 Å². The number of sulfonamides is 1. The van der Waals surface area contributed by atoms with Crippen molar-refractivity contribution < 1.29 is 8.42 Å². The summed E-state index contributed by atoms with van der Waals surface area (Å²) in [6.45, 7) is 4.90. The highest BCUT2D eigenvalue weighted by Crippen LogP contribution is 2.13. The summed E-state index contributed by atoms with van der Waals surface area (Å²) in [5.74, 6) is 0.326. The fourth-order valence-corrected chi connectivity index (χ4v) is 2.06. The fourth-order valence-electron chi connectivity index (χ4n) is 1.54. The number of nitrogens with zero attached hydrogens (tertiary/aromatic N) is 1. The zero-order chi connectivity index (χ0) is 15.2. The van der Waals surface area contributed by atoms with E-state index in [1.807, 2.05) is 32.0 Å². The average Bonchev–Trinajstić information content (AvgIpc) is 2.32. The van der Waals surface area contributed by atoms with E-state index in [0.717, 1.165) is 11.9 Å². The molecule has 0 unspecified atom stereocenters. The molecule has 0 spiro atoms. The first-order valence-corrected chi connectivity index (χ1v) is 8.26. The smallest absolute Gasteiger partial charge is 0.208 e. The van der Waals surface area contributed by atoms with E-state index in [9.17, 15) is 8.42 Å². The quantitative estimate of drug-likeness (QED) is 0.279. The number of halogens is 1. The van der Waals surface area contributed by atoms with E-state index in [-0.39, 0.29) is 24.0 Å². The number of hydrogen-bond acceptors (Lipinski definition) is 3. The molecule has 4 N–H and O–H groups in total. The third-order valence-electron chi connectivity index (χ3n) is 2.76. The first kappa shape index (κ1) is 20.1. The molecule has 0 saturated heterocycles. The van der Waals surface area contributed by atoms with Gasteiger partial charge in [-0.3, -0.25) is 4.99 Å². The third-order valence-corrected chi connectivity index (χ3v) is 3.49. The van der Waals surface area contributed by atoms with Crippen LogP contribution in [0.25, 0.3) is 0 Å². The second-order valence-corrected chi connectivity index (χ2v) is 6.54. The summed E-state index contributed by atoms with van der Waals surface area (Å²) in [7, 11) is -3.13. The lowest BCUT2D eigenvalue weighted by molar-refractivity contribution is 0.586. The molecular weight excluding hydrogens is 403 g/mol. The van der Waals surface area contributed by atoms with E-state index in [2.05, 4.69) is 15.0 Å². The Hall–Kier alpha value is -0.870. The maximum atomic E-state index is 10.8. The van der Waals surface area contributed by atoms with Gasteiger partial charge in [-0.15, -0.1) is 24.0 Å². The lowest BCUT2D eigenvalue weighted by Crippen LogP contribution is -2.25. The molecule has 1 aromatic carbocycles. The van der Waals surface area contributed by atoms with Gasteiger partial charge in [-0.1, -0.05) is 6.07 Å². The Labute approximate surface area is 143 Å². The van der Waals surface area contributed by atoms with Gasteiger partial charge in [0.15, 0.2) is 5.96 Å². The van der Waals surface area contributed by atoms with Gasteiger partial charge in [0.1, 0.15) is 0 Å². The Kier molecular flexibility index (Phi) is 8.83. The van der Waals surface area contributed by atoms with Crippen molar-refractivity contribution in [2.24, 2.45) is 10.7 Å².